The lowest BCUT2D eigenvalue weighted by Gasteiger charge is -2.33. The predicted octanol–water partition coefficient (Wildman–Crippen LogP) is 6.61. The second kappa shape index (κ2) is 13.2. The number of nitrogens with zero attached hydrogens (tertiary/aromatic N) is 2. The number of carbonyl (C=O) groups excluding carboxylic acids is 2. The predicted molar refractivity (Wildman–Crippen MR) is 180 cm³/mol. The van der Waals surface area contributed by atoms with Gasteiger partial charge in [-0.2, -0.15) is 0 Å². The summed E-state index contributed by atoms with van der Waals surface area (Å²) < 4.78 is 21.3. The van der Waals surface area contributed by atoms with Gasteiger partial charge in [0.2, 0.25) is 0 Å². The number of furan rings is 1. The standard InChI is InChI=1S/C38H42FN3O5/c1-24-7-10-26(11-8-24)33-17-18-34(47-33)35(43)40-31(37(45)46)22-25-9-16-32(30(39)21-25)41-20-19-29(23-41)42(5,6)36(44)27-12-14-28(15-13-27)38(2,3)4/h7-18,21,29,31H,19-20,22-23H2,1-6H3,(H-,40,43,45,46)/p+1. The molecule has 2 N–H and O–H groups in total. The molecule has 1 aliphatic rings. The van der Waals surface area contributed by atoms with Gasteiger partial charge in [0.25, 0.3) is 5.91 Å². The summed E-state index contributed by atoms with van der Waals surface area (Å²) in [6, 6.07) is 21.9. The van der Waals surface area contributed by atoms with Gasteiger partial charge in [0.05, 0.1) is 31.9 Å². The number of quaternary nitrogens is 1. The molecule has 4 aromatic rings. The highest BCUT2D eigenvalue weighted by Crippen LogP contribution is 2.30. The third-order valence-electron chi connectivity index (χ3n) is 9.16. The molecular weight excluding hydrogens is 597 g/mol. The van der Waals surface area contributed by atoms with Crippen LogP contribution in [0.2, 0.25) is 0 Å². The summed E-state index contributed by atoms with van der Waals surface area (Å²) in [4.78, 5) is 40.4. The number of amides is 2. The molecule has 1 aliphatic heterocycles. The van der Waals surface area contributed by atoms with Gasteiger partial charge in [-0.1, -0.05) is 68.8 Å². The molecule has 246 valence electrons. The Balaban J connectivity index is 1.22. The smallest absolute Gasteiger partial charge is 0.345 e. The molecule has 0 spiro atoms. The van der Waals surface area contributed by atoms with E-state index in [1.807, 2.05) is 74.4 Å². The highest BCUT2D eigenvalue weighted by atomic mass is 19.1. The molecule has 8 nitrogen and oxygen atoms in total. The number of hydrogen-bond acceptors (Lipinski definition) is 5. The van der Waals surface area contributed by atoms with Crippen LogP contribution in [-0.4, -0.2) is 66.6 Å². The molecule has 2 amide bonds. The van der Waals surface area contributed by atoms with Gasteiger partial charge in [-0.05, 0) is 59.9 Å². The van der Waals surface area contributed by atoms with Crippen molar-refractivity contribution in [2.75, 3.05) is 32.1 Å². The van der Waals surface area contributed by atoms with Gasteiger partial charge in [-0.3, -0.25) is 9.28 Å². The Bertz CT molecular complexity index is 1770. The molecule has 2 heterocycles. The van der Waals surface area contributed by atoms with Crippen molar-refractivity contribution < 1.29 is 32.8 Å². The summed E-state index contributed by atoms with van der Waals surface area (Å²) in [7, 11) is 3.81. The Labute approximate surface area is 275 Å². The number of anilines is 1. The fraction of sp³-hybridized carbons (Fsp3) is 0.342. The van der Waals surface area contributed by atoms with Gasteiger partial charge in [-0.25, -0.2) is 14.0 Å². The van der Waals surface area contributed by atoms with Gasteiger partial charge >= 0.3 is 11.9 Å². The molecule has 0 aliphatic carbocycles. The van der Waals surface area contributed by atoms with Crippen LogP contribution < -0.4 is 10.2 Å². The minimum Gasteiger partial charge on any atom is -0.480 e. The van der Waals surface area contributed by atoms with E-state index >= 15 is 4.39 Å². The molecule has 0 saturated carbocycles. The molecule has 1 saturated heterocycles. The number of hydrogen-bond donors (Lipinski definition) is 2. The van der Waals surface area contributed by atoms with Crippen LogP contribution in [0.25, 0.3) is 11.3 Å². The second-order valence-corrected chi connectivity index (χ2v) is 13.9. The molecule has 2 unspecified atom stereocenters. The molecule has 47 heavy (non-hydrogen) atoms. The third-order valence-corrected chi connectivity index (χ3v) is 9.16. The van der Waals surface area contributed by atoms with Crippen LogP contribution in [0.3, 0.4) is 0 Å². The number of carbonyl (C=O) groups is 3. The number of carboxylic acids is 1. The lowest BCUT2D eigenvalue weighted by atomic mass is 9.86. The van der Waals surface area contributed by atoms with Gasteiger partial charge < -0.3 is 19.7 Å². The van der Waals surface area contributed by atoms with Crippen molar-refractivity contribution in [3.63, 3.8) is 0 Å². The number of aryl methyl sites for hydroxylation is 1. The number of carboxylic acid groups (broad SMARTS) is 1. The quantitative estimate of drug-likeness (QED) is 0.200. The Morgan fingerprint density at radius 1 is 1.00 bits per heavy atom. The average molecular weight is 641 g/mol. The van der Waals surface area contributed by atoms with Crippen LogP contribution in [0.15, 0.2) is 83.3 Å². The lowest BCUT2D eigenvalue weighted by molar-refractivity contribution is -0.832. The van der Waals surface area contributed by atoms with Crippen molar-refractivity contribution >= 4 is 23.5 Å². The number of likely N-dealkylation sites (N-methyl/N-ethyl adjacent to an activating group) is 1. The van der Waals surface area contributed by atoms with Crippen LogP contribution in [0.5, 0.6) is 0 Å². The van der Waals surface area contributed by atoms with E-state index in [1.54, 1.807) is 18.2 Å². The molecule has 1 aromatic heterocycles. The molecule has 0 bridgehead atoms. The van der Waals surface area contributed by atoms with E-state index in [0.29, 0.717) is 42.1 Å². The zero-order chi connectivity index (χ0) is 34.1. The second-order valence-electron chi connectivity index (χ2n) is 13.9. The largest absolute Gasteiger partial charge is 0.480 e. The van der Waals surface area contributed by atoms with E-state index in [2.05, 4.69) is 26.1 Å². The first kappa shape index (κ1) is 33.6. The van der Waals surface area contributed by atoms with Crippen molar-refractivity contribution in [1.29, 1.82) is 0 Å². The average Bonchev–Trinajstić information content (AvgIpc) is 3.72. The highest BCUT2D eigenvalue weighted by Gasteiger charge is 2.41. The summed E-state index contributed by atoms with van der Waals surface area (Å²) in [6.45, 7) is 9.45. The minimum absolute atomic E-state index is 0.00737. The first-order chi connectivity index (χ1) is 22.1. The molecule has 9 heteroatoms. The Kier molecular flexibility index (Phi) is 9.41. The van der Waals surface area contributed by atoms with Gasteiger partial charge in [-0.15, -0.1) is 0 Å². The Hall–Kier alpha value is -4.76. The van der Waals surface area contributed by atoms with Crippen LogP contribution in [0, 0.1) is 12.7 Å². The van der Waals surface area contributed by atoms with Gasteiger partial charge in [0, 0.05) is 24.9 Å². The molecular formula is C38H43FN3O5+. The van der Waals surface area contributed by atoms with E-state index in [-0.39, 0.29) is 34.0 Å². The van der Waals surface area contributed by atoms with E-state index in [9.17, 15) is 19.5 Å². The SMILES string of the molecule is Cc1ccc(-c2ccc(C(=O)NC(Cc3ccc(N4CCC([N+](C)(C)C(=O)c5ccc(C(C)(C)C)cc5)C4)c(F)c3)C(=O)O)o2)cc1. The fourth-order valence-electron chi connectivity index (χ4n) is 6.03. The summed E-state index contributed by atoms with van der Waals surface area (Å²) in [5.41, 5.74) is 4.51. The molecule has 3 aromatic carbocycles. The maximum atomic E-state index is 15.5. The van der Waals surface area contributed by atoms with Crippen molar-refractivity contribution in [3.8, 4) is 11.3 Å². The van der Waals surface area contributed by atoms with Crippen molar-refractivity contribution in [2.45, 2.75) is 58.0 Å². The lowest BCUT2D eigenvalue weighted by Crippen LogP contribution is -2.54. The monoisotopic (exact) mass is 640 g/mol. The van der Waals surface area contributed by atoms with Crippen LogP contribution >= 0.6 is 0 Å². The molecule has 5 rings (SSSR count). The van der Waals surface area contributed by atoms with E-state index < -0.39 is 23.7 Å². The van der Waals surface area contributed by atoms with Crippen molar-refractivity contribution in [1.82, 2.24) is 5.32 Å². The van der Waals surface area contributed by atoms with Gasteiger partial charge in [0.1, 0.15) is 23.7 Å². The Morgan fingerprint density at radius 3 is 2.30 bits per heavy atom. The third kappa shape index (κ3) is 7.46. The normalized spacial score (nSPS) is 15.8. The number of halogens is 1. The molecule has 2 atom stereocenters. The summed E-state index contributed by atoms with van der Waals surface area (Å²) >= 11 is 0. The van der Waals surface area contributed by atoms with E-state index in [0.717, 1.165) is 16.7 Å². The first-order valence-electron chi connectivity index (χ1n) is 15.9. The minimum atomic E-state index is -1.29. The van der Waals surface area contributed by atoms with Gasteiger partial charge in [0.15, 0.2) is 5.76 Å². The summed E-state index contributed by atoms with van der Waals surface area (Å²) in [6.07, 6.45) is 0.602. The summed E-state index contributed by atoms with van der Waals surface area (Å²) in [5.74, 6) is -1.91. The van der Waals surface area contributed by atoms with E-state index in [4.69, 9.17) is 4.42 Å². The highest BCUT2D eigenvalue weighted by molar-refractivity contribution is 5.95. The van der Waals surface area contributed by atoms with E-state index in [1.165, 1.54) is 12.1 Å². The van der Waals surface area contributed by atoms with Crippen molar-refractivity contribution in [2.24, 2.45) is 0 Å². The number of benzene rings is 3. The first-order valence-corrected chi connectivity index (χ1v) is 15.9. The maximum Gasteiger partial charge on any atom is 0.345 e. The number of nitrogens with one attached hydrogen (secondary N) is 1. The van der Waals surface area contributed by atoms with Crippen LogP contribution in [0.1, 0.15) is 64.8 Å². The van der Waals surface area contributed by atoms with Crippen molar-refractivity contribution in [3.05, 3.63) is 113 Å². The topological polar surface area (TPSA) is 99.9 Å². The van der Waals surface area contributed by atoms with Crippen LogP contribution in [0.4, 0.5) is 10.1 Å². The number of aliphatic carboxylic acids is 1. The number of rotatable bonds is 9. The van der Waals surface area contributed by atoms with Crippen LogP contribution in [-0.2, 0) is 16.6 Å². The zero-order valence-corrected chi connectivity index (χ0v) is 27.8. The summed E-state index contributed by atoms with van der Waals surface area (Å²) in [5, 5.41) is 12.3. The fourth-order valence-corrected chi connectivity index (χ4v) is 6.03. The molecule has 1 fully saturated rings. The Morgan fingerprint density at radius 2 is 1.68 bits per heavy atom. The zero-order valence-electron chi connectivity index (χ0n) is 27.8. The molecule has 0 radical (unpaired) electrons. The maximum absolute atomic E-state index is 15.5.